The Morgan fingerprint density at radius 3 is 2.74 bits per heavy atom. The first kappa shape index (κ1) is 12.4. The molecule has 1 aromatic carbocycles. The average molecular weight is 256 g/mol. The largest absolute Gasteiger partial charge is 0.350 e. The van der Waals surface area contributed by atoms with E-state index in [4.69, 9.17) is 0 Å². The van der Waals surface area contributed by atoms with Crippen molar-refractivity contribution in [2.75, 3.05) is 19.6 Å². The fraction of sp³-hybridized carbons (Fsp3) is 0.438. The molecule has 2 aromatic rings. The molecule has 100 valence electrons. The molecule has 0 N–H and O–H groups in total. The molecule has 1 aliphatic rings. The summed E-state index contributed by atoms with van der Waals surface area (Å²) in [6.07, 6.45) is 5.16. The van der Waals surface area contributed by atoms with E-state index in [0.717, 1.165) is 36.1 Å². The Bertz CT molecular complexity index is 594. The summed E-state index contributed by atoms with van der Waals surface area (Å²) in [5.74, 6) is 0.267. The molecule has 0 saturated carbocycles. The number of fused-ring (bicyclic) bond motifs is 1. The van der Waals surface area contributed by atoms with E-state index in [-0.39, 0.29) is 5.78 Å². The third kappa shape index (κ3) is 2.43. The van der Waals surface area contributed by atoms with E-state index in [1.165, 1.54) is 12.8 Å². The van der Waals surface area contributed by atoms with Crippen LogP contribution < -0.4 is 0 Å². The van der Waals surface area contributed by atoms with Gasteiger partial charge < -0.3 is 9.47 Å². The maximum atomic E-state index is 12.4. The summed E-state index contributed by atoms with van der Waals surface area (Å²) in [4.78, 5) is 14.8. The predicted molar refractivity (Wildman–Crippen MR) is 77.5 cm³/mol. The molecule has 0 bridgehead atoms. The lowest BCUT2D eigenvalue weighted by Crippen LogP contribution is -2.22. The molecule has 3 rings (SSSR count). The lowest BCUT2D eigenvalue weighted by molar-refractivity contribution is 0.0970. The highest BCUT2D eigenvalue weighted by Crippen LogP contribution is 2.21. The van der Waals surface area contributed by atoms with E-state index in [2.05, 4.69) is 11.0 Å². The van der Waals surface area contributed by atoms with Gasteiger partial charge in [0.2, 0.25) is 0 Å². The molecule has 1 aromatic heterocycles. The third-order valence-electron chi connectivity index (χ3n) is 4.05. The number of likely N-dealkylation sites (tertiary alicyclic amines) is 1. The Balaban J connectivity index is 1.77. The highest BCUT2D eigenvalue weighted by Gasteiger charge is 2.16. The molecule has 0 amide bonds. The predicted octanol–water partition coefficient (Wildman–Crippen LogP) is 2.85. The van der Waals surface area contributed by atoms with Crippen LogP contribution in [0.15, 0.2) is 30.5 Å². The van der Waals surface area contributed by atoms with Crippen molar-refractivity contribution in [3.05, 3.63) is 36.0 Å². The van der Waals surface area contributed by atoms with Gasteiger partial charge in [0, 0.05) is 42.7 Å². The lowest BCUT2D eigenvalue weighted by atomic mass is 10.1. The van der Waals surface area contributed by atoms with Gasteiger partial charge in [-0.1, -0.05) is 18.2 Å². The Hall–Kier alpha value is -1.61. The lowest BCUT2D eigenvalue weighted by Gasteiger charge is -2.13. The second-order valence-corrected chi connectivity index (χ2v) is 5.39. The number of ketones is 1. The van der Waals surface area contributed by atoms with Gasteiger partial charge in [-0.3, -0.25) is 4.79 Å². The highest BCUT2D eigenvalue weighted by molar-refractivity contribution is 6.08. The van der Waals surface area contributed by atoms with Crippen molar-refractivity contribution in [3.8, 4) is 0 Å². The summed E-state index contributed by atoms with van der Waals surface area (Å²) in [7, 11) is 2.00. The molecular formula is C16H20N2O. The van der Waals surface area contributed by atoms with Crippen LogP contribution >= 0.6 is 0 Å². The number of aryl methyl sites for hydroxylation is 1. The average Bonchev–Trinajstić information content (AvgIpc) is 3.05. The minimum Gasteiger partial charge on any atom is -0.350 e. The molecule has 3 heteroatoms. The normalized spacial score (nSPS) is 16.3. The van der Waals surface area contributed by atoms with E-state index in [1.807, 2.05) is 36.0 Å². The van der Waals surface area contributed by atoms with E-state index >= 15 is 0 Å². The smallest absolute Gasteiger partial charge is 0.166 e. The third-order valence-corrected chi connectivity index (χ3v) is 4.05. The Kier molecular flexibility index (Phi) is 3.38. The van der Waals surface area contributed by atoms with Crippen LogP contribution in [0.25, 0.3) is 10.9 Å². The van der Waals surface area contributed by atoms with Gasteiger partial charge in [-0.15, -0.1) is 0 Å². The van der Waals surface area contributed by atoms with Gasteiger partial charge in [-0.2, -0.15) is 0 Å². The van der Waals surface area contributed by atoms with Crippen LogP contribution in [-0.2, 0) is 7.05 Å². The van der Waals surface area contributed by atoms with Crippen LogP contribution in [0.2, 0.25) is 0 Å². The first-order valence-corrected chi connectivity index (χ1v) is 7.05. The summed E-state index contributed by atoms with van der Waals surface area (Å²) in [6.45, 7) is 3.22. The zero-order chi connectivity index (χ0) is 13.2. The van der Waals surface area contributed by atoms with Crippen LogP contribution in [0.3, 0.4) is 0 Å². The molecule has 0 unspecified atom stereocenters. The number of hydrogen-bond acceptors (Lipinski definition) is 2. The first-order chi connectivity index (χ1) is 9.25. The number of hydrogen-bond donors (Lipinski definition) is 0. The maximum Gasteiger partial charge on any atom is 0.166 e. The standard InChI is InChI=1S/C16H20N2O/c1-17-12-14(13-6-2-3-7-15(13)17)16(19)8-11-18-9-4-5-10-18/h2-3,6-7,12H,4-5,8-11H2,1H3. The number of rotatable bonds is 4. The molecule has 0 atom stereocenters. The van der Waals surface area contributed by atoms with Gasteiger partial charge >= 0.3 is 0 Å². The highest BCUT2D eigenvalue weighted by atomic mass is 16.1. The van der Waals surface area contributed by atoms with Gasteiger partial charge in [-0.25, -0.2) is 0 Å². The Labute approximate surface area is 113 Å². The zero-order valence-electron chi connectivity index (χ0n) is 11.4. The number of Topliss-reactive ketones (excluding diaryl/α,β-unsaturated/α-hetero) is 1. The zero-order valence-corrected chi connectivity index (χ0v) is 11.4. The number of para-hydroxylation sites is 1. The number of carbonyl (C=O) groups excluding carboxylic acids is 1. The van der Waals surface area contributed by atoms with Gasteiger partial charge in [0.05, 0.1) is 0 Å². The van der Waals surface area contributed by atoms with Crippen molar-refractivity contribution in [3.63, 3.8) is 0 Å². The topological polar surface area (TPSA) is 25.2 Å². The van der Waals surface area contributed by atoms with Crippen molar-refractivity contribution in [1.82, 2.24) is 9.47 Å². The van der Waals surface area contributed by atoms with Gasteiger partial charge in [0.15, 0.2) is 5.78 Å². The van der Waals surface area contributed by atoms with Crippen LogP contribution in [0.5, 0.6) is 0 Å². The molecule has 1 saturated heterocycles. The monoisotopic (exact) mass is 256 g/mol. The number of nitrogens with zero attached hydrogens (tertiary/aromatic N) is 2. The molecule has 1 fully saturated rings. The van der Waals surface area contributed by atoms with Crippen LogP contribution in [0.4, 0.5) is 0 Å². The number of aromatic nitrogens is 1. The molecule has 0 spiro atoms. The second-order valence-electron chi connectivity index (χ2n) is 5.39. The Morgan fingerprint density at radius 2 is 1.95 bits per heavy atom. The molecular weight excluding hydrogens is 236 g/mol. The van der Waals surface area contributed by atoms with Crippen LogP contribution in [0.1, 0.15) is 29.6 Å². The molecule has 2 heterocycles. The van der Waals surface area contributed by atoms with E-state index in [0.29, 0.717) is 6.42 Å². The van der Waals surface area contributed by atoms with Crippen molar-refractivity contribution >= 4 is 16.7 Å². The number of carbonyl (C=O) groups is 1. The minimum absolute atomic E-state index is 0.267. The van der Waals surface area contributed by atoms with Crippen LogP contribution in [0, 0.1) is 0 Å². The quantitative estimate of drug-likeness (QED) is 0.786. The van der Waals surface area contributed by atoms with E-state index in [9.17, 15) is 4.79 Å². The van der Waals surface area contributed by atoms with Crippen molar-refractivity contribution < 1.29 is 4.79 Å². The van der Waals surface area contributed by atoms with Gasteiger partial charge in [-0.05, 0) is 32.0 Å². The molecule has 3 nitrogen and oxygen atoms in total. The second kappa shape index (κ2) is 5.17. The molecule has 0 aliphatic carbocycles. The van der Waals surface area contributed by atoms with Gasteiger partial charge in [0.25, 0.3) is 0 Å². The minimum atomic E-state index is 0.267. The molecule has 1 aliphatic heterocycles. The summed E-state index contributed by atoms with van der Waals surface area (Å²) in [5.41, 5.74) is 2.00. The SMILES string of the molecule is Cn1cc(C(=O)CCN2CCCC2)c2ccccc21. The van der Waals surface area contributed by atoms with E-state index < -0.39 is 0 Å². The van der Waals surface area contributed by atoms with Crippen LogP contribution in [-0.4, -0.2) is 34.9 Å². The summed E-state index contributed by atoms with van der Waals surface area (Å²) in [5, 5.41) is 1.08. The molecule has 19 heavy (non-hydrogen) atoms. The number of benzene rings is 1. The fourth-order valence-corrected chi connectivity index (χ4v) is 2.96. The van der Waals surface area contributed by atoms with Gasteiger partial charge in [0.1, 0.15) is 0 Å². The Morgan fingerprint density at radius 1 is 1.21 bits per heavy atom. The van der Waals surface area contributed by atoms with Crippen molar-refractivity contribution in [2.45, 2.75) is 19.3 Å². The maximum absolute atomic E-state index is 12.4. The summed E-state index contributed by atoms with van der Waals surface area (Å²) in [6, 6.07) is 8.12. The summed E-state index contributed by atoms with van der Waals surface area (Å²) >= 11 is 0. The fourth-order valence-electron chi connectivity index (χ4n) is 2.96. The van der Waals surface area contributed by atoms with Crippen molar-refractivity contribution in [1.29, 1.82) is 0 Å². The van der Waals surface area contributed by atoms with E-state index in [1.54, 1.807) is 0 Å². The molecule has 0 radical (unpaired) electrons. The first-order valence-electron chi connectivity index (χ1n) is 7.05. The summed E-state index contributed by atoms with van der Waals surface area (Å²) < 4.78 is 2.04. The van der Waals surface area contributed by atoms with Crippen molar-refractivity contribution in [2.24, 2.45) is 7.05 Å².